The van der Waals surface area contributed by atoms with Gasteiger partial charge in [-0.15, -0.1) is 0 Å². The standard InChI is InChI=1S/C11H20N2O6/c1-3-18-9(15)11(13,5-4-8(12)14)10(16)19-7-6-17-2/h3-7,13H2,1-2H3,(H2,12,14)/t11-/m1/s1. The van der Waals surface area contributed by atoms with Gasteiger partial charge in [0.2, 0.25) is 11.4 Å². The first kappa shape index (κ1) is 17.3. The molecule has 8 heteroatoms. The molecule has 1 amide bonds. The van der Waals surface area contributed by atoms with Crippen molar-refractivity contribution in [2.45, 2.75) is 25.3 Å². The van der Waals surface area contributed by atoms with Crippen LogP contribution in [0.1, 0.15) is 19.8 Å². The van der Waals surface area contributed by atoms with Gasteiger partial charge in [-0.1, -0.05) is 0 Å². The Balaban J connectivity index is 4.76. The molecule has 0 unspecified atom stereocenters. The molecule has 0 aromatic heterocycles. The molecule has 0 aromatic rings. The first-order chi connectivity index (χ1) is 8.88. The van der Waals surface area contributed by atoms with E-state index in [2.05, 4.69) is 0 Å². The zero-order valence-electron chi connectivity index (χ0n) is 11.1. The summed E-state index contributed by atoms with van der Waals surface area (Å²) < 4.78 is 14.2. The molecule has 19 heavy (non-hydrogen) atoms. The summed E-state index contributed by atoms with van der Waals surface area (Å²) in [5.41, 5.74) is 8.65. The summed E-state index contributed by atoms with van der Waals surface area (Å²) in [6.45, 7) is 1.74. The van der Waals surface area contributed by atoms with Crippen LogP contribution in [0.4, 0.5) is 0 Å². The van der Waals surface area contributed by atoms with Gasteiger partial charge in [-0.2, -0.15) is 0 Å². The van der Waals surface area contributed by atoms with Gasteiger partial charge in [0, 0.05) is 13.5 Å². The number of methoxy groups -OCH3 is 1. The molecule has 110 valence electrons. The zero-order chi connectivity index (χ0) is 14.9. The zero-order valence-corrected chi connectivity index (χ0v) is 11.1. The van der Waals surface area contributed by atoms with Gasteiger partial charge < -0.3 is 25.7 Å². The van der Waals surface area contributed by atoms with Crippen molar-refractivity contribution in [3.63, 3.8) is 0 Å². The van der Waals surface area contributed by atoms with Gasteiger partial charge >= 0.3 is 11.9 Å². The molecule has 0 aliphatic rings. The van der Waals surface area contributed by atoms with Gasteiger partial charge in [0.15, 0.2) is 0 Å². The van der Waals surface area contributed by atoms with Crippen LogP contribution in [0, 0.1) is 0 Å². The Kier molecular flexibility index (Phi) is 7.69. The third-order valence-corrected chi connectivity index (χ3v) is 2.29. The number of amides is 1. The van der Waals surface area contributed by atoms with Gasteiger partial charge in [-0.3, -0.25) is 4.79 Å². The molecule has 0 bridgehead atoms. The van der Waals surface area contributed by atoms with Gasteiger partial charge in [-0.25, -0.2) is 9.59 Å². The number of carbonyl (C=O) groups excluding carboxylic acids is 3. The summed E-state index contributed by atoms with van der Waals surface area (Å²) in [7, 11) is 1.43. The van der Waals surface area contributed by atoms with Crippen LogP contribution in [-0.4, -0.2) is 50.3 Å². The predicted octanol–water partition coefficient (Wildman–Crippen LogP) is -1.30. The highest BCUT2D eigenvalue weighted by Gasteiger charge is 2.45. The molecule has 0 rings (SSSR count). The minimum Gasteiger partial charge on any atom is -0.464 e. The maximum atomic E-state index is 11.8. The van der Waals surface area contributed by atoms with E-state index in [0.717, 1.165) is 0 Å². The van der Waals surface area contributed by atoms with E-state index in [-0.39, 0.29) is 32.7 Å². The van der Waals surface area contributed by atoms with E-state index in [4.69, 9.17) is 25.7 Å². The Labute approximate surface area is 111 Å². The fourth-order valence-corrected chi connectivity index (χ4v) is 1.21. The van der Waals surface area contributed by atoms with E-state index < -0.39 is 23.4 Å². The molecule has 8 nitrogen and oxygen atoms in total. The van der Waals surface area contributed by atoms with Crippen LogP contribution in [0.5, 0.6) is 0 Å². The lowest BCUT2D eigenvalue weighted by molar-refractivity contribution is -0.165. The summed E-state index contributed by atoms with van der Waals surface area (Å²) in [5, 5.41) is 0. The van der Waals surface area contributed by atoms with Gasteiger partial charge in [0.25, 0.3) is 0 Å². The van der Waals surface area contributed by atoms with Crippen molar-refractivity contribution >= 4 is 17.8 Å². The molecule has 4 N–H and O–H groups in total. The van der Waals surface area contributed by atoms with E-state index in [1.165, 1.54) is 7.11 Å². The van der Waals surface area contributed by atoms with Crippen molar-refractivity contribution in [1.82, 2.24) is 0 Å². The smallest absolute Gasteiger partial charge is 0.337 e. The quantitative estimate of drug-likeness (QED) is 0.304. The molecule has 0 spiro atoms. The lowest BCUT2D eigenvalue weighted by atomic mass is 9.94. The molecule has 0 radical (unpaired) electrons. The minimum atomic E-state index is -2.03. The monoisotopic (exact) mass is 276 g/mol. The molecule has 0 aliphatic carbocycles. The van der Waals surface area contributed by atoms with E-state index in [0.29, 0.717) is 0 Å². The Hall–Kier alpha value is -1.67. The maximum absolute atomic E-state index is 11.8. The SMILES string of the molecule is CCOC(=O)[C@](N)(CCC(N)=O)C(=O)OCCOC. The minimum absolute atomic E-state index is 0.0513. The molecular formula is C11H20N2O6. The lowest BCUT2D eigenvalue weighted by Gasteiger charge is -2.24. The number of nitrogens with two attached hydrogens (primary N) is 2. The number of hydrogen-bond acceptors (Lipinski definition) is 7. The van der Waals surface area contributed by atoms with Crippen LogP contribution in [0.25, 0.3) is 0 Å². The number of ether oxygens (including phenoxy) is 3. The Morgan fingerprint density at radius 1 is 1.11 bits per heavy atom. The van der Waals surface area contributed by atoms with Crippen molar-refractivity contribution in [2.75, 3.05) is 26.9 Å². The molecule has 0 aliphatic heterocycles. The average molecular weight is 276 g/mol. The highest BCUT2D eigenvalue weighted by Crippen LogP contribution is 2.14. The fourth-order valence-electron chi connectivity index (χ4n) is 1.21. The van der Waals surface area contributed by atoms with Crippen LogP contribution in [0.2, 0.25) is 0 Å². The highest BCUT2D eigenvalue weighted by molar-refractivity contribution is 6.05. The van der Waals surface area contributed by atoms with Crippen LogP contribution in [-0.2, 0) is 28.6 Å². The molecule has 0 fully saturated rings. The van der Waals surface area contributed by atoms with E-state index in [1.807, 2.05) is 0 Å². The van der Waals surface area contributed by atoms with Crippen molar-refractivity contribution in [2.24, 2.45) is 11.5 Å². The number of esters is 2. The highest BCUT2D eigenvalue weighted by atomic mass is 16.6. The number of primary amides is 1. The lowest BCUT2D eigenvalue weighted by Crippen LogP contribution is -2.57. The van der Waals surface area contributed by atoms with E-state index in [1.54, 1.807) is 6.92 Å². The van der Waals surface area contributed by atoms with Gasteiger partial charge in [0.05, 0.1) is 13.2 Å². The second kappa shape index (κ2) is 8.44. The molecule has 0 saturated carbocycles. The topological polar surface area (TPSA) is 131 Å². The Bertz CT molecular complexity index is 333. The summed E-state index contributed by atoms with van der Waals surface area (Å²) in [4.78, 5) is 34.3. The summed E-state index contributed by atoms with van der Waals surface area (Å²) in [6.07, 6.45) is -0.498. The molecular weight excluding hydrogens is 256 g/mol. The maximum Gasteiger partial charge on any atom is 0.337 e. The second-order valence-electron chi connectivity index (χ2n) is 3.79. The third-order valence-electron chi connectivity index (χ3n) is 2.29. The van der Waals surface area contributed by atoms with Gasteiger partial charge in [0.1, 0.15) is 6.61 Å². The molecule has 0 heterocycles. The second-order valence-corrected chi connectivity index (χ2v) is 3.79. The van der Waals surface area contributed by atoms with Crippen molar-refractivity contribution in [1.29, 1.82) is 0 Å². The number of carbonyl (C=O) groups is 3. The van der Waals surface area contributed by atoms with Crippen LogP contribution in [0.3, 0.4) is 0 Å². The molecule has 0 saturated heterocycles. The molecule has 1 atom stereocenters. The van der Waals surface area contributed by atoms with E-state index in [9.17, 15) is 14.4 Å². The van der Waals surface area contributed by atoms with Crippen molar-refractivity contribution in [3.8, 4) is 0 Å². The van der Waals surface area contributed by atoms with Crippen molar-refractivity contribution < 1.29 is 28.6 Å². The van der Waals surface area contributed by atoms with Crippen molar-refractivity contribution in [3.05, 3.63) is 0 Å². The fraction of sp³-hybridized carbons (Fsp3) is 0.727. The summed E-state index contributed by atoms with van der Waals surface area (Å²) in [5.74, 6) is -2.59. The number of hydrogen-bond donors (Lipinski definition) is 2. The van der Waals surface area contributed by atoms with Gasteiger partial charge in [-0.05, 0) is 13.3 Å². The van der Waals surface area contributed by atoms with Crippen LogP contribution in [0.15, 0.2) is 0 Å². The average Bonchev–Trinajstić information content (AvgIpc) is 2.36. The molecule has 0 aromatic carbocycles. The third kappa shape index (κ3) is 5.66. The van der Waals surface area contributed by atoms with E-state index >= 15 is 0 Å². The van der Waals surface area contributed by atoms with Crippen LogP contribution >= 0.6 is 0 Å². The summed E-state index contributed by atoms with van der Waals surface area (Å²) >= 11 is 0. The number of rotatable bonds is 9. The largest absolute Gasteiger partial charge is 0.464 e. The Morgan fingerprint density at radius 3 is 2.16 bits per heavy atom. The Morgan fingerprint density at radius 2 is 1.68 bits per heavy atom. The predicted molar refractivity (Wildman–Crippen MR) is 64.8 cm³/mol. The normalized spacial score (nSPS) is 13.4. The summed E-state index contributed by atoms with van der Waals surface area (Å²) in [6, 6.07) is 0. The van der Waals surface area contributed by atoms with Crippen LogP contribution < -0.4 is 11.5 Å². The first-order valence-electron chi connectivity index (χ1n) is 5.79. The first-order valence-corrected chi connectivity index (χ1v) is 5.79.